The van der Waals surface area contributed by atoms with Gasteiger partial charge in [-0.1, -0.05) is 38.3 Å². The summed E-state index contributed by atoms with van der Waals surface area (Å²) >= 11 is 0. The molecule has 40 heavy (non-hydrogen) atoms. The number of amides is 4. The summed E-state index contributed by atoms with van der Waals surface area (Å²) in [4.78, 5) is 67.1. The van der Waals surface area contributed by atoms with Crippen LogP contribution in [-0.4, -0.2) is 71.3 Å². The van der Waals surface area contributed by atoms with Gasteiger partial charge in [-0.05, 0) is 71.1 Å². The van der Waals surface area contributed by atoms with E-state index in [1.54, 1.807) is 26.8 Å². The topological polar surface area (TPSA) is 134 Å². The number of rotatable bonds is 13. The van der Waals surface area contributed by atoms with E-state index in [-0.39, 0.29) is 30.7 Å². The van der Waals surface area contributed by atoms with Gasteiger partial charge in [-0.15, -0.1) is 13.2 Å². The molecule has 1 saturated heterocycles. The number of alkyl carbamates (subject to hydrolysis) is 1. The molecule has 0 spiro atoms. The van der Waals surface area contributed by atoms with Gasteiger partial charge in [-0.25, -0.2) is 4.79 Å². The van der Waals surface area contributed by atoms with Crippen LogP contribution in [0.2, 0.25) is 0 Å². The van der Waals surface area contributed by atoms with Crippen LogP contribution in [0.4, 0.5) is 4.79 Å². The first-order chi connectivity index (χ1) is 18.9. The van der Waals surface area contributed by atoms with Crippen LogP contribution < -0.4 is 16.0 Å². The Morgan fingerprint density at radius 3 is 2.30 bits per heavy atom. The number of allylic oxidation sites excluding steroid dienone is 1. The fourth-order valence-corrected chi connectivity index (χ4v) is 5.41. The number of likely N-dealkylation sites (tertiary alicyclic amines) is 1. The molecule has 0 bridgehead atoms. The minimum absolute atomic E-state index is 0.0408. The number of hydrogen-bond acceptors (Lipinski definition) is 6. The number of carbonyl (C=O) groups is 5. The van der Waals surface area contributed by atoms with Crippen LogP contribution in [0.1, 0.15) is 85.5 Å². The quantitative estimate of drug-likeness (QED) is 0.180. The van der Waals surface area contributed by atoms with Crippen LogP contribution >= 0.6 is 0 Å². The molecule has 0 aromatic heterocycles. The summed E-state index contributed by atoms with van der Waals surface area (Å²) < 4.78 is 5.45. The lowest BCUT2D eigenvalue weighted by atomic mass is 9.83. The molecular formula is C30H48N4O6. The van der Waals surface area contributed by atoms with E-state index in [9.17, 15) is 24.0 Å². The van der Waals surface area contributed by atoms with E-state index in [0.717, 1.165) is 32.1 Å². The van der Waals surface area contributed by atoms with Gasteiger partial charge in [0, 0.05) is 13.1 Å². The second-order valence-corrected chi connectivity index (χ2v) is 12.0. The molecule has 10 nitrogen and oxygen atoms in total. The summed E-state index contributed by atoms with van der Waals surface area (Å²) in [5, 5.41) is 8.04. The standard InChI is InChI=1S/C30H48N4O6/c1-7-9-11-16-22(25(35)27(37)31-17-8-2)32-26(36)23-18-20(3)19-34(23)28(38)24(21-14-12-10-13-15-21)33-29(39)40-30(4,5)6/h7-8,20-24H,1-2,9-19H2,3-6H3,(H,31,37)(H,32,36)(H,33,39)/t20-,22-,23+,24+/m1/s1. The summed E-state index contributed by atoms with van der Waals surface area (Å²) in [6.07, 6.45) is 8.98. The van der Waals surface area contributed by atoms with Crippen LogP contribution in [0.3, 0.4) is 0 Å². The lowest BCUT2D eigenvalue weighted by molar-refractivity contribution is -0.143. The number of hydrogen-bond donors (Lipinski definition) is 3. The molecule has 0 unspecified atom stereocenters. The van der Waals surface area contributed by atoms with Gasteiger partial charge in [0.05, 0.1) is 6.04 Å². The minimum atomic E-state index is -1.03. The predicted octanol–water partition coefficient (Wildman–Crippen LogP) is 3.41. The second-order valence-electron chi connectivity index (χ2n) is 12.0. The molecule has 4 atom stereocenters. The van der Waals surface area contributed by atoms with Gasteiger partial charge in [-0.2, -0.15) is 0 Å². The van der Waals surface area contributed by atoms with E-state index in [2.05, 4.69) is 29.1 Å². The Morgan fingerprint density at radius 1 is 1.02 bits per heavy atom. The van der Waals surface area contributed by atoms with E-state index >= 15 is 0 Å². The number of ether oxygens (including phenoxy) is 1. The van der Waals surface area contributed by atoms with Crippen molar-refractivity contribution >= 4 is 29.6 Å². The maximum atomic E-state index is 14.0. The molecule has 3 N–H and O–H groups in total. The summed E-state index contributed by atoms with van der Waals surface area (Å²) in [6.45, 7) is 14.9. The lowest BCUT2D eigenvalue weighted by Crippen LogP contribution is -2.58. The molecule has 0 radical (unpaired) electrons. The Hall–Kier alpha value is -3.17. The second kappa shape index (κ2) is 15.6. The Bertz CT molecular complexity index is 937. The van der Waals surface area contributed by atoms with Crippen molar-refractivity contribution in [1.82, 2.24) is 20.9 Å². The molecule has 0 aromatic carbocycles. The average Bonchev–Trinajstić information content (AvgIpc) is 3.30. The third-order valence-electron chi connectivity index (χ3n) is 7.32. The third kappa shape index (κ3) is 10.1. The monoisotopic (exact) mass is 560 g/mol. The van der Waals surface area contributed by atoms with Crippen LogP contribution in [-0.2, 0) is 23.9 Å². The number of nitrogens with zero attached hydrogens (tertiary/aromatic N) is 1. The van der Waals surface area contributed by atoms with Gasteiger partial charge in [-0.3, -0.25) is 19.2 Å². The van der Waals surface area contributed by atoms with E-state index in [0.29, 0.717) is 25.8 Å². The number of Topliss-reactive ketones (excluding diaryl/α,β-unsaturated/α-hetero) is 1. The maximum Gasteiger partial charge on any atom is 0.408 e. The fourth-order valence-electron chi connectivity index (χ4n) is 5.41. The van der Waals surface area contributed by atoms with Crippen LogP contribution in [0.25, 0.3) is 0 Å². The molecule has 4 amide bonds. The number of ketones is 1. The summed E-state index contributed by atoms with van der Waals surface area (Å²) in [5.41, 5.74) is -0.722. The SMILES string of the molecule is C=CCCC[C@@H](NC(=O)[C@@H]1C[C@@H](C)CN1C(=O)[C@@H](NC(=O)OC(C)(C)C)C1CCCCC1)C(=O)C(=O)NCC=C. The van der Waals surface area contributed by atoms with Gasteiger partial charge < -0.3 is 25.6 Å². The largest absolute Gasteiger partial charge is 0.444 e. The highest BCUT2D eigenvalue weighted by atomic mass is 16.6. The van der Waals surface area contributed by atoms with Crippen molar-refractivity contribution in [3.8, 4) is 0 Å². The molecule has 224 valence electrons. The molecular weight excluding hydrogens is 512 g/mol. The first-order valence-electron chi connectivity index (χ1n) is 14.5. The molecule has 2 rings (SSSR count). The highest BCUT2D eigenvalue weighted by Gasteiger charge is 2.44. The van der Waals surface area contributed by atoms with Crippen molar-refractivity contribution in [1.29, 1.82) is 0 Å². The van der Waals surface area contributed by atoms with Crippen molar-refractivity contribution in [3.63, 3.8) is 0 Å². The Kier molecular flexibility index (Phi) is 12.9. The van der Waals surface area contributed by atoms with Crippen molar-refractivity contribution in [3.05, 3.63) is 25.3 Å². The maximum absolute atomic E-state index is 14.0. The molecule has 1 saturated carbocycles. The molecule has 1 aliphatic carbocycles. The van der Waals surface area contributed by atoms with Crippen LogP contribution in [0.15, 0.2) is 25.3 Å². The smallest absolute Gasteiger partial charge is 0.408 e. The lowest BCUT2D eigenvalue weighted by Gasteiger charge is -2.35. The molecule has 10 heteroatoms. The minimum Gasteiger partial charge on any atom is -0.444 e. The summed E-state index contributed by atoms with van der Waals surface area (Å²) in [6, 6.07) is -2.66. The van der Waals surface area contributed by atoms with E-state index in [4.69, 9.17) is 4.74 Å². The Balaban J connectivity index is 2.24. The third-order valence-corrected chi connectivity index (χ3v) is 7.32. The van der Waals surface area contributed by atoms with E-state index in [1.807, 2.05) is 6.92 Å². The molecule has 1 aliphatic heterocycles. The van der Waals surface area contributed by atoms with Crippen molar-refractivity contribution < 1.29 is 28.7 Å². The van der Waals surface area contributed by atoms with Crippen molar-refractivity contribution in [2.24, 2.45) is 11.8 Å². The highest BCUT2D eigenvalue weighted by molar-refractivity contribution is 6.38. The molecule has 1 heterocycles. The van der Waals surface area contributed by atoms with Crippen LogP contribution in [0, 0.1) is 11.8 Å². The van der Waals surface area contributed by atoms with Gasteiger partial charge >= 0.3 is 6.09 Å². The van der Waals surface area contributed by atoms with Crippen molar-refractivity contribution in [2.75, 3.05) is 13.1 Å². The van der Waals surface area contributed by atoms with Crippen LogP contribution in [0.5, 0.6) is 0 Å². The summed E-state index contributed by atoms with van der Waals surface area (Å²) in [7, 11) is 0. The van der Waals surface area contributed by atoms with Gasteiger partial charge in [0.25, 0.3) is 5.91 Å². The number of unbranched alkanes of at least 4 members (excludes halogenated alkanes) is 1. The fraction of sp³-hybridized carbons (Fsp3) is 0.700. The summed E-state index contributed by atoms with van der Waals surface area (Å²) in [5.74, 6) is -2.36. The zero-order valence-electron chi connectivity index (χ0n) is 24.6. The number of nitrogens with one attached hydrogen (secondary N) is 3. The predicted molar refractivity (Wildman–Crippen MR) is 153 cm³/mol. The van der Waals surface area contributed by atoms with Gasteiger partial charge in [0.2, 0.25) is 17.6 Å². The molecule has 2 fully saturated rings. The van der Waals surface area contributed by atoms with E-state index < -0.39 is 47.4 Å². The Morgan fingerprint density at radius 2 is 1.70 bits per heavy atom. The zero-order chi connectivity index (χ0) is 29.9. The van der Waals surface area contributed by atoms with Gasteiger partial charge in [0.1, 0.15) is 17.7 Å². The first kappa shape index (κ1) is 33.0. The normalized spacial score (nSPS) is 21.1. The zero-order valence-corrected chi connectivity index (χ0v) is 24.6. The van der Waals surface area contributed by atoms with Crippen molar-refractivity contribution in [2.45, 2.75) is 109 Å². The Labute approximate surface area is 238 Å². The first-order valence-corrected chi connectivity index (χ1v) is 14.5. The van der Waals surface area contributed by atoms with Gasteiger partial charge in [0.15, 0.2) is 0 Å². The van der Waals surface area contributed by atoms with E-state index in [1.165, 1.54) is 11.0 Å². The number of carbonyl (C=O) groups excluding carboxylic acids is 5. The highest BCUT2D eigenvalue weighted by Crippen LogP contribution is 2.31. The average molecular weight is 561 g/mol. The molecule has 0 aromatic rings. The molecule has 2 aliphatic rings.